The van der Waals surface area contributed by atoms with E-state index in [-0.39, 0.29) is 0 Å². The lowest BCUT2D eigenvalue weighted by Crippen LogP contribution is -2.35. The predicted molar refractivity (Wildman–Crippen MR) is 101 cm³/mol. The Bertz CT molecular complexity index is 687. The Labute approximate surface area is 154 Å². The summed E-state index contributed by atoms with van der Waals surface area (Å²) in [5.74, 6) is 0.946. The number of morpholine rings is 1. The number of nitrogens with one attached hydrogen (secondary N) is 1. The molecule has 1 aliphatic heterocycles. The van der Waals surface area contributed by atoms with Crippen LogP contribution in [0.3, 0.4) is 0 Å². The van der Waals surface area contributed by atoms with Gasteiger partial charge in [-0.3, -0.25) is 4.90 Å². The van der Waals surface area contributed by atoms with Crippen molar-refractivity contribution in [3.8, 4) is 5.75 Å². The summed E-state index contributed by atoms with van der Waals surface area (Å²) in [5, 5.41) is 4.27. The van der Waals surface area contributed by atoms with Gasteiger partial charge in [-0.15, -0.1) is 0 Å². The van der Waals surface area contributed by atoms with E-state index in [0.29, 0.717) is 0 Å². The van der Waals surface area contributed by atoms with Gasteiger partial charge < -0.3 is 14.8 Å². The Morgan fingerprint density at radius 2 is 1.88 bits per heavy atom. The highest BCUT2D eigenvalue weighted by molar-refractivity contribution is 6.31. The van der Waals surface area contributed by atoms with Gasteiger partial charge in [0.2, 0.25) is 0 Å². The van der Waals surface area contributed by atoms with Crippen LogP contribution in [-0.2, 0) is 24.4 Å². The number of ether oxygens (including phenoxy) is 2. The van der Waals surface area contributed by atoms with E-state index in [1.165, 1.54) is 11.1 Å². The highest BCUT2D eigenvalue weighted by atomic mass is 35.5. The quantitative estimate of drug-likeness (QED) is 0.819. The second kappa shape index (κ2) is 9.20. The summed E-state index contributed by atoms with van der Waals surface area (Å²) in [7, 11) is 1.73. The van der Waals surface area contributed by atoms with Crippen LogP contribution in [0.25, 0.3) is 0 Å². The second-order valence-electron chi connectivity index (χ2n) is 6.23. The molecule has 1 N–H and O–H groups in total. The van der Waals surface area contributed by atoms with Gasteiger partial charge in [-0.1, -0.05) is 35.9 Å². The van der Waals surface area contributed by atoms with Crippen molar-refractivity contribution in [2.75, 3.05) is 33.4 Å². The van der Waals surface area contributed by atoms with Gasteiger partial charge in [-0.05, 0) is 29.3 Å². The normalized spacial score (nSPS) is 15.3. The summed E-state index contributed by atoms with van der Waals surface area (Å²) in [4.78, 5) is 2.41. The third-order valence-electron chi connectivity index (χ3n) is 4.44. The lowest BCUT2D eigenvalue weighted by Gasteiger charge is -2.27. The topological polar surface area (TPSA) is 33.7 Å². The lowest BCUT2D eigenvalue weighted by molar-refractivity contribution is 0.0339. The van der Waals surface area contributed by atoms with Crippen molar-refractivity contribution < 1.29 is 9.47 Å². The van der Waals surface area contributed by atoms with Gasteiger partial charge in [0.05, 0.1) is 20.3 Å². The number of hydrogen-bond acceptors (Lipinski definition) is 4. The van der Waals surface area contributed by atoms with E-state index in [0.717, 1.165) is 62.3 Å². The van der Waals surface area contributed by atoms with Crippen molar-refractivity contribution in [1.29, 1.82) is 0 Å². The molecule has 0 spiro atoms. The fraction of sp³-hybridized carbons (Fsp3) is 0.400. The van der Waals surface area contributed by atoms with Crippen LogP contribution in [0.1, 0.15) is 16.7 Å². The van der Waals surface area contributed by atoms with Crippen LogP contribution in [-0.4, -0.2) is 38.3 Å². The van der Waals surface area contributed by atoms with Crippen molar-refractivity contribution in [2.45, 2.75) is 19.6 Å². The summed E-state index contributed by atoms with van der Waals surface area (Å²) in [6.07, 6.45) is 0. The first kappa shape index (κ1) is 18.2. The zero-order chi connectivity index (χ0) is 17.5. The Kier molecular flexibility index (Phi) is 6.70. The number of nitrogens with zero attached hydrogens (tertiary/aromatic N) is 1. The zero-order valence-corrected chi connectivity index (χ0v) is 15.4. The third-order valence-corrected chi connectivity index (χ3v) is 4.81. The zero-order valence-electron chi connectivity index (χ0n) is 14.6. The summed E-state index contributed by atoms with van der Waals surface area (Å²) < 4.78 is 11.0. The summed E-state index contributed by atoms with van der Waals surface area (Å²) in [5.41, 5.74) is 3.59. The number of benzene rings is 2. The Morgan fingerprint density at radius 3 is 2.64 bits per heavy atom. The Hall–Kier alpha value is -1.59. The molecule has 2 aromatic carbocycles. The van der Waals surface area contributed by atoms with Crippen molar-refractivity contribution in [2.24, 2.45) is 0 Å². The van der Waals surface area contributed by atoms with E-state index >= 15 is 0 Å². The van der Waals surface area contributed by atoms with Gasteiger partial charge in [-0.25, -0.2) is 0 Å². The maximum absolute atomic E-state index is 6.21. The first-order valence-electron chi connectivity index (χ1n) is 8.66. The largest absolute Gasteiger partial charge is 0.496 e. The molecule has 1 aliphatic rings. The number of halogens is 1. The molecular formula is C20H25ClN2O2. The minimum absolute atomic E-state index is 0.754. The molecule has 5 heteroatoms. The molecule has 1 heterocycles. The van der Waals surface area contributed by atoms with Crippen LogP contribution in [0.4, 0.5) is 0 Å². The molecular weight excluding hydrogens is 336 g/mol. The van der Waals surface area contributed by atoms with Gasteiger partial charge in [0, 0.05) is 43.3 Å². The monoisotopic (exact) mass is 360 g/mol. The molecule has 0 aliphatic carbocycles. The molecule has 0 unspecified atom stereocenters. The Balaban J connectivity index is 1.61. The van der Waals surface area contributed by atoms with Gasteiger partial charge >= 0.3 is 0 Å². The van der Waals surface area contributed by atoms with E-state index < -0.39 is 0 Å². The highest BCUT2D eigenvalue weighted by Crippen LogP contribution is 2.22. The lowest BCUT2D eigenvalue weighted by atomic mass is 10.1. The van der Waals surface area contributed by atoms with Crippen molar-refractivity contribution in [3.63, 3.8) is 0 Å². The second-order valence-corrected chi connectivity index (χ2v) is 6.64. The molecule has 0 saturated carbocycles. The van der Waals surface area contributed by atoms with E-state index in [2.05, 4.69) is 28.4 Å². The maximum atomic E-state index is 6.21. The number of rotatable bonds is 7. The standard InChI is InChI=1S/C20H25ClN2O2/c1-24-20-7-6-16(12-18(20)15-23-8-10-25-11-9-23)13-22-14-17-4-2-3-5-19(17)21/h2-7,12,22H,8-11,13-15H2,1H3. The highest BCUT2D eigenvalue weighted by Gasteiger charge is 2.13. The van der Waals surface area contributed by atoms with Gasteiger partial charge in [-0.2, -0.15) is 0 Å². The molecule has 4 nitrogen and oxygen atoms in total. The fourth-order valence-electron chi connectivity index (χ4n) is 3.05. The van der Waals surface area contributed by atoms with Crippen molar-refractivity contribution in [1.82, 2.24) is 10.2 Å². The summed E-state index contributed by atoms with van der Waals surface area (Å²) in [6, 6.07) is 14.3. The molecule has 0 amide bonds. The third kappa shape index (κ3) is 5.19. The van der Waals surface area contributed by atoms with Gasteiger partial charge in [0.15, 0.2) is 0 Å². The van der Waals surface area contributed by atoms with Crippen molar-refractivity contribution in [3.05, 3.63) is 64.2 Å². The minimum Gasteiger partial charge on any atom is -0.496 e. The van der Waals surface area contributed by atoms with Crippen LogP contribution < -0.4 is 10.1 Å². The van der Waals surface area contributed by atoms with Crippen LogP contribution >= 0.6 is 11.6 Å². The van der Waals surface area contributed by atoms with Crippen LogP contribution in [0.2, 0.25) is 5.02 Å². The molecule has 0 atom stereocenters. The predicted octanol–water partition coefficient (Wildman–Crippen LogP) is 3.47. The molecule has 134 valence electrons. The molecule has 3 rings (SSSR count). The first-order valence-corrected chi connectivity index (χ1v) is 9.04. The fourth-order valence-corrected chi connectivity index (χ4v) is 3.25. The van der Waals surface area contributed by atoms with Gasteiger partial charge in [0.25, 0.3) is 0 Å². The summed E-state index contributed by atoms with van der Waals surface area (Å²) >= 11 is 6.21. The maximum Gasteiger partial charge on any atom is 0.123 e. The SMILES string of the molecule is COc1ccc(CNCc2ccccc2Cl)cc1CN1CCOCC1. The average molecular weight is 361 g/mol. The first-order chi connectivity index (χ1) is 12.3. The average Bonchev–Trinajstić information content (AvgIpc) is 2.64. The summed E-state index contributed by atoms with van der Waals surface area (Å²) in [6.45, 7) is 6.00. The van der Waals surface area contributed by atoms with E-state index in [1.807, 2.05) is 24.3 Å². The number of hydrogen-bond donors (Lipinski definition) is 1. The molecule has 2 aromatic rings. The number of methoxy groups -OCH3 is 1. The molecule has 25 heavy (non-hydrogen) atoms. The van der Waals surface area contributed by atoms with Crippen LogP contribution in [0.15, 0.2) is 42.5 Å². The van der Waals surface area contributed by atoms with Crippen LogP contribution in [0.5, 0.6) is 5.75 Å². The van der Waals surface area contributed by atoms with E-state index in [9.17, 15) is 0 Å². The molecule has 0 radical (unpaired) electrons. The Morgan fingerprint density at radius 1 is 1.08 bits per heavy atom. The molecule has 0 bridgehead atoms. The van der Waals surface area contributed by atoms with Crippen LogP contribution in [0, 0.1) is 0 Å². The van der Waals surface area contributed by atoms with Gasteiger partial charge in [0.1, 0.15) is 5.75 Å². The van der Waals surface area contributed by atoms with E-state index in [4.69, 9.17) is 21.1 Å². The molecule has 1 saturated heterocycles. The molecule has 1 fully saturated rings. The molecule has 0 aromatic heterocycles. The van der Waals surface area contributed by atoms with E-state index in [1.54, 1.807) is 7.11 Å². The van der Waals surface area contributed by atoms with Crippen molar-refractivity contribution >= 4 is 11.6 Å². The smallest absolute Gasteiger partial charge is 0.123 e. The minimum atomic E-state index is 0.754.